The Morgan fingerprint density at radius 1 is 1.00 bits per heavy atom. The summed E-state index contributed by atoms with van der Waals surface area (Å²) < 4.78 is 70.4. The number of nitriles is 1. The highest BCUT2D eigenvalue weighted by molar-refractivity contribution is 7.89. The average Bonchev–Trinajstić information content (AvgIpc) is 3.32. The Labute approximate surface area is 261 Å². The van der Waals surface area contributed by atoms with Gasteiger partial charge in [-0.3, -0.25) is 14.2 Å². The zero-order valence-electron chi connectivity index (χ0n) is 24.0. The van der Waals surface area contributed by atoms with Gasteiger partial charge in [0.2, 0.25) is 10.0 Å². The number of sulfonamides is 1. The third-order valence-corrected chi connectivity index (χ3v) is 10.2. The largest absolute Gasteiger partial charge is 0.418 e. The predicted octanol–water partition coefficient (Wildman–Crippen LogP) is 4.54. The Kier molecular flexibility index (Phi) is 9.11. The molecule has 1 aromatic heterocycles. The summed E-state index contributed by atoms with van der Waals surface area (Å²) in [5.41, 5.74) is -1.59. The van der Waals surface area contributed by atoms with Crippen molar-refractivity contribution >= 4 is 44.6 Å². The van der Waals surface area contributed by atoms with E-state index >= 15 is 0 Å². The van der Waals surface area contributed by atoms with Gasteiger partial charge in [0.05, 0.1) is 20.7 Å². The standard InChI is InChI=1S/C32H27F3N4O4S2/c1-21-9-7-10-22(17-21)18-28-30(41)39(27-14-4-3-13-26(27)32(33,34)35)31(44-28)25(20-36)29(40)37-23-11-8-12-24(19-23)45(42,43)38-15-5-2-6-16-38/h3-4,7-14,17-19H,2,5-6,15-16H2,1H3,(H,37,40)/b28-18+,31-25+. The zero-order valence-corrected chi connectivity index (χ0v) is 25.6. The van der Waals surface area contributed by atoms with Gasteiger partial charge in [-0.2, -0.15) is 22.7 Å². The molecule has 1 aliphatic rings. The lowest BCUT2D eigenvalue weighted by Crippen LogP contribution is -2.35. The van der Waals surface area contributed by atoms with Crippen LogP contribution in [-0.4, -0.2) is 36.3 Å². The highest BCUT2D eigenvalue weighted by atomic mass is 32.2. The molecule has 4 aromatic rings. The summed E-state index contributed by atoms with van der Waals surface area (Å²) in [5, 5.41) is 12.6. The van der Waals surface area contributed by atoms with Crippen LogP contribution in [0.4, 0.5) is 18.9 Å². The second-order valence-electron chi connectivity index (χ2n) is 10.4. The van der Waals surface area contributed by atoms with Crippen LogP contribution in [0.3, 0.4) is 0 Å². The number of carbonyl (C=O) groups excluding carboxylic acids is 1. The molecule has 0 saturated carbocycles. The number of anilines is 1. The maximum absolute atomic E-state index is 14.1. The number of hydrogen-bond acceptors (Lipinski definition) is 6. The van der Waals surface area contributed by atoms with E-state index in [1.165, 1.54) is 46.8 Å². The first-order chi connectivity index (χ1) is 21.4. The highest BCUT2D eigenvalue weighted by Crippen LogP contribution is 2.33. The Morgan fingerprint density at radius 3 is 2.40 bits per heavy atom. The molecule has 232 valence electrons. The van der Waals surface area contributed by atoms with Crippen LogP contribution in [0.25, 0.3) is 17.3 Å². The second-order valence-corrected chi connectivity index (χ2v) is 13.4. The molecular formula is C32H27F3N4O4S2. The summed E-state index contributed by atoms with van der Waals surface area (Å²) in [6.45, 7) is 2.60. The van der Waals surface area contributed by atoms with Crippen molar-refractivity contribution in [2.24, 2.45) is 0 Å². The van der Waals surface area contributed by atoms with Gasteiger partial charge in [-0.25, -0.2) is 8.42 Å². The lowest BCUT2D eigenvalue weighted by molar-refractivity contribution is -0.137. The van der Waals surface area contributed by atoms with Gasteiger partial charge in [0, 0.05) is 18.8 Å². The van der Waals surface area contributed by atoms with E-state index in [1.54, 1.807) is 24.3 Å². The van der Waals surface area contributed by atoms with E-state index in [4.69, 9.17) is 0 Å². The van der Waals surface area contributed by atoms with E-state index in [-0.39, 0.29) is 19.8 Å². The van der Waals surface area contributed by atoms with E-state index in [9.17, 15) is 36.4 Å². The van der Waals surface area contributed by atoms with Gasteiger partial charge < -0.3 is 5.32 Å². The van der Waals surface area contributed by atoms with E-state index in [0.717, 1.165) is 41.5 Å². The van der Waals surface area contributed by atoms with Gasteiger partial charge in [-0.15, -0.1) is 11.3 Å². The van der Waals surface area contributed by atoms with Crippen LogP contribution in [0, 0.1) is 18.3 Å². The Balaban J connectivity index is 1.66. The SMILES string of the molecule is Cc1cccc(/C=c2/s/c(=C(\C#N)C(=O)Nc3cccc(S(=O)(=O)N4CCCCC4)c3)n(-c3ccccc3C(F)(F)F)c2=O)c1. The first kappa shape index (κ1) is 31.9. The fourth-order valence-electron chi connectivity index (χ4n) is 5.07. The summed E-state index contributed by atoms with van der Waals surface area (Å²) in [5.74, 6) is -1.02. The normalized spacial score (nSPS) is 15.4. The minimum Gasteiger partial charge on any atom is -0.321 e. The minimum atomic E-state index is -4.84. The van der Waals surface area contributed by atoms with Crippen LogP contribution >= 0.6 is 11.3 Å². The quantitative estimate of drug-likeness (QED) is 0.329. The molecule has 0 bridgehead atoms. The number of amides is 1. The maximum atomic E-state index is 14.1. The molecule has 1 aliphatic heterocycles. The van der Waals surface area contributed by atoms with E-state index in [2.05, 4.69) is 5.32 Å². The molecule has 1 amide bonds. The van der Waals surface area contributed by atoms with Crippen LogP contribution in [0.2, 0.25) is 0 Å². The van der Waals surface area contributed by atoms with Crippen LogP contribution in [-0.2, 0) is 21.0 Å². The van der Waals surface area contributed by atoms with E-state index in [0.29, 0.717) is 30.0 Å². The molecule has 1 fully saturated rings. The van der Waals surface area contributed by atoms with Crippen molar-refractivity contribution in [1.29, 1.82) is 5.26 Å². The average molecular weight is 653 g/mol. The second kappa shape index (κ2) is 12.8. The Hall–Kier alpha value is -4.51. The summed E-state index contributed by atoms with van der Waals surface area (Å²) >= 11 is 0.703. The molecule has 5 rings (SSSR count). The minimum absolute atomic E-state index is 0.00255. The number of carbonyl (C=O) groups is 1. The third kappa shape index (κ3) is 6.78. The fraction of sp³-hybridized carbons (Fsp3) is 0.219. The third-order valence-electron chi connectivity index (χ3n) is 7.21. The highest BCUT2D eigenvalue weighted by Gasteiger charge is 2.35. The number of aryl methyl sites for hydroxylation is 1. The van der Waals surface area contributed by atoms with Crippen molar-refractivity contribution in [2.45, 2.75) is 37.3 Å². The summed E-state index contributed by atoms with van der Waals surface area (Å²) in [7, 11) is -3.84. The molecule has 2 heterocycles. The monoisotopic (exact) mass is 652 g/mol. The molecule has 0 radical (unpaired) electrons. The van der Waals surface area contributed by atoms with E-state index < -0.39 is 44.5 Å². The topological polar surface area (TPSA) is 112 Å². The van der Waals surface area contributed by atoms with Gasteiger partial charge in [0.25, 0.3) is 11.5 Å². The molecule has 13 heteroatoms. The molecule has 1 saturated heterocycles. The van der Waals surface area contributed by atoms with Crippen LogP contribution < -0.4 is 20.1 Å². The van der Waals surface area contributed by atoms with E-state index in [1.807, 2.05) is 13.0 Å². The number of thiazole rings is 1. The number of halogens is 3. The molecule has 0 aliphatic carbocycles. The van der Waals surface area contributed by atoms with Gasteiger partial charge in [-0.05, 0) is 61.7 Å². The Morgan fingerprint density at radius 2 is 1.71 bits per heavy atom. The van der Waals surface area contributed by atoms with Crippen molar-refractivity contribution in [3.63, 3.8) is 0 Å². The first-order valence-electron chi connectivity index (χ1n) is 13.9. The smallest absolute Gasteiger partial charge is 0.321 e. The molecule has 8 nitrogen and oxygen atoms in total. The fourth-order valence-corrected chi connectivity index (χ4v) is 7.72. The lowest BCUT2D eigenvalue weighted by Gasteiger charge is -2.26. The molecule has 0 spiro atoms. The summed E-state index contributed by atoms with van der Waals surface area (Å²) in [4.78, 5) is 27.2. The summed E-state index contributed by atoms with van der Waals surface area (Å²) in [6, 6.07) is 18.8. The van der Waals surface area contributed by atoms with Crippen LogP contribution in [0.15, 0.2) is 82.5 Å². The van der Waals surface area contributed by atoms with Gasteiger partial charge >= 0.3 is 6.18 Å². The van der Waals surface area contributed by atoms with Crippen molar-refractivity contribution in [3.8, 4) is 11.8 Å². The van der Waals surface area contributed by atoms with Gasteiger partial charge in [0.15, 0.2) is 5.57 Å². The zero-order chi connectivity index (χ0) is 32.4. The molecule has 3 aromatic carbocycles. The Bertz CT molecular complexity index is 2110. The van der Waals surface area contributed by atoms with Crippen LogP contribution in [0.5, 0.6) is 0 Å². The van der Waals surface area contributed by atoms with Crippen molar-refractivity contribution in [1.82, 2.24) is 8.87 Å². The number of rotatable bonds is 6. The molecule has 45 heavy (non-hydrogen) atoms. The van der Waals surface area contributed by atoms with Gasteiger partial charge in [0.1, 0.15) is 10.7 Å². The van der Waals surface area contributed by atoms with Crippen molar-refractivity contribution in [3.05, 3.63) is 109 Å². The van der Waals surface area contributed by atoms with Crippen molar-refractivity contribution in [2.75, 3.05) is 18.4 Å². The molecule has 0 unspecified atom stereocenters. The number of alkyl halides is 3. The molecule has 1 N–H and O–H groups in total. The number of para-hydroxylation sites is 1. The van der Waals surface area contributed by atoms with Gasteiger partial charge in [-0.1, -0.05) is 54.4 Å². The number of piperidine rings is 1. The maximum Gasteiger partial charge on any atom is 0.418 e. The number of hydrogen-bond donors (Lipinski definition) is 1. The summed E-state index contributed by atoms with van der Waals surface area (Å²) in [6.07, 6.45) is -0.956. The number of nitrogens with zero attached hydrogens (tertiary/aromatic N) is 3. The van der Waals surface area contributed by atoms with Crippen molar-refractivity contribution < 1.29 is 26.4 Å². The molecule has 0 atom stereocenters. The van der Waals surface area contributed by atoms with Crippen LogP contribution in [0.1, 0.15) is 36.0 Å². The predicted molar refractivity (Wildman–Crippen MR) is 166 cm³/mol. The first-order valence-corrected chi connectivity index (χ1v) is 16.2. The molecular weight excluding hydrogens is 626 g/mol. The number of aromatic nitrogens is 1. The number of nitrogens with one attached hydrogen (secondary N) is 1. The number of benzene rings is 3. The lowest BCUT2D eigenvalue weighted by atomic mass is 10.1.